The van der Waals surface area contributed by atoms with Crippen LogP contribution in [0, 0.1) is 10.1 Å². The van der Waals surface area contributed by atoms with Crippen molar-refractivity contribution >= 4 is 23.1 Å². The second kappa shape index (κ2) is 8.58. The molecule has 0 spiro atoms. The Hall–Kier alpha value is -3.70. The van der Waals surface area contributed by atoms with Crippen molar-refractivity contribution < 1.29 is 9.72 Å². The molecule has 0 amide bonds. The van der Waals surface area contributed by atoms with E-state index in [1.165, 1.54) is 0 Å². The van der Waals surface area contributed by atoms with Crippen molar-refractivity contribution in [3.8, 4) is 0 Å². The maximum atomic E-state index is 13.5. The molecule has 1 aliphatic heterocycles. The summed E-state index contributed by atoms with van der Waals surface area (Å²) in [5.41, 5.74) is 3.06. The highest BCUT2D eigenvalue weighted by atomic mass is 35.5. The average Bonchev–Trinajstić information content (AvgIpc) is 2.79. The normalized spacial score (nSPS) is 16.1. The molecular weight excluding hydrogens is 412 g/mol. The first-order valence-corrected chi connectivity index (χ1v) is 10.1. The van der Waals surface area contributed by atoms with E-state index in [0.29, 0.717) is 38.7 Å². The Morgan fingerprint density at radius 3 is 2.10 bits per heavy atom. The lowest BCUT2D eigenvalue weighted by molar-refractivity contribution is -0.428. The Morgan fingerprint density at radius 1 is 0.935 bits per heavy atom. The van der Waals surface area contributed by atoms with Crippen LogP contribution in [0.15, 0.2) is 102 Å². The highest BCUT2D eigenvalue weighted by Crippen LogP contribution is 2.42. The number of halogens is 1. The fourth-order valence-corrected chi connectivity index (χ4v) is 3.99. The quantitative estimate of drug-likeness (QED) is 0.314. The second-order valence-electron chi connectivity index (χ2n) is 7.23. The van der Waals surface area contributed by atoms with Crippen LogP contribution in [0.4, 0.5) is 0 Å². The summed E-state index contributed by atoms with van der Waals surface area (Å²) < 4.78 is 0. The average molecular weight is 431 g/mol. The fourth-order valence-electron chi connectivity index (χ4n) is 3.87. The van der Waals surface area contributed by atoms with E-state index in [1.54, 1.807) is 31.2 Å². The van der Waals surface area contributed by atoms with Crippen LogP contribution in [0.1, 0.15) is 34.3 Å². The predicted octanol–water partition coefficient (Wildman–Crippen LogP) is 5.83. The maximum Gasteiger partial charge on any atom is 0.282 e. The van der Waals surface area contributed by atoms with Crippen LogP contribution in [-0.4, -0.2) is 10.7 Å². The molecule has 0 radical (unpaired) electrons. The largest absolute Gasteiger partial charge is 0.353 e. The third-order valence-corrected chi connectivity index (χ3v) is 5.53. The van der Waals surface area contributed by atoms with Crippen LogP contribution in [0.25, 0.3) is 5.70 Å². The fraction of sp³-hybridized carbons (Fsp3) is 0.0800. The number of carbonyl (C=O) groups excluding carboxylic acids is 1. The summed E-state index contributed by atoms with van der Waals surface area (Å²) in [5.74, 6) is -1.10. The lowest BCUT2D eigenvalue weighted by Crippen LogP contribution is -2.31. The van der Waals surface area contributed by atoms with Crippen molar-refractivity contribution in [1.29, 1.82) is 0 Å². The van der Waals surface area contributed by atoms with Gasteiger partial charge in [0.05, 0.1) is 4.92 Å². The lowest BCUT2D eigenvalue weighted by atomic mass is 9.80. The molecule has 1 heterocycles. The minimum atomic E-state index is -0.823. The number of benzene rings is 3. The zero-order valence-electron chi connectivity index (χ0n) is 16.7. The molecule has 3 aromatic rings. The number of Topliss-reactive ketones (excluding diaryl/α,β-unsaturated/α-hetero) is 1. The Morgan fingerprint density at radius 2 is 1.52 bits per heavy atom. The lowest BCUT2D eigenvalue weighted by Gasteiger charge is -2.28. The molecule has 31 heavy (non-hydrogen) atoms. The molecular formula is C25H19ClN2O3. The van der Waals surface area contributed by atoms with Crippen molar-refractivity contribution in [3.63, 3.8) is 0 Å². The van der Waals surface area contributed by atoms with Crippen LogP contribution < -0.4 is 5.32 Å². The molecule has 1 atom stereocenters. The van der Waals surface area contributed by atoms with Crippen LogP contribution in [0.3, 0.4) is 0 Å². The van der Waals surface area contributed by atoms with E-state index in [0.717, 1.165) is 0 Å². The van der Waals surface area contributed by atoms with Gasteiger partial charge in [-0.15, -0.1) is 0 Å². The van der Waals surface area contributed by atoms with Gasteiger partial charge in [0.15, 0.2) is 5.78 Å². The van der Waals surface area contributed by atoms with Gasteiger partial charge >= 0.3 is 0 Å². The van der Waals surface area contributed by atoms with Gasteiger partial charge in [0.1, 0.15) is 11.6 Å². The van der Waals surface area contributed by atoms with Gasteiger partial charge in [-0.1, -0.05) is 72.3 Å². The van der Waals surface area contributed by atoms with Gasteiger partial charge in [0.25, 0.3) is 5.70 Å². The molecule has 0 saturated carbocycles. The minimum absolute atomic E-state index is 0.0553. The van der Waals surface area contributed by atoms with Crippen molar-refractivity contribution in [1.82, 2.24) is 5.32 Å². The molecule has 0 aliphatic carbocycles. The molecule has 1 unspecified atom stereocenters. The Balaban J connectivity index is 1.94. The van der Waals surface area contributed by atoms with Crippen LogP contribution in [0.2, 0.25) is 5.02 Å². The molecule has 0 saturated heterocycles. The van der Waals surface area contributed by atoms with Gasteiger partial charge in [-0.3, -0.25) is 14.9 Å². The topological polar surface area (TPSA) is 72.2 Å². The summed E-state index contributed by atoms with van der Waals surface area (Å²) >= 11 is 5.97. The van der Waals surface area contributed by atoms with Crippen molar-refractivity contribution in [2.45, 2.75) is 12.8 Å². The van der Waals surface area contributed by atoms with E-state index in [9.17, 15) is 14.9 Å². The number of dihydropyridines is 1. The number of nitrogens with zero attached hydrogens (tertiary/aromatic N) is 1. The smallest absolute Gasteiger partial charge is 0.282 e. The molecule has 3 aromatic carbocycles. The number of hydrogen-bond acceptors (Lipinski definition) is 4. The minimum Gasteiger partial charge on any atom is -0.353 e. The van der Waals surface area contributed by atoms with Gasteiger partial charge in [0, 0.05) is 27.4 Å². The number of ketones is 1. The number of hydrogen-bond donors (Lipinski definition) is 1. The molecule has 0 bridgehead atoms. The van der Waals surface area contributed by atoms with E-state index < -0.39 is 10.8 Å². The molecule has 1 N–H and O–H groups in total. The molecule has 6 heteroatoms. The summed E-state index contributed by atoms with van der Waals surface area (Å²) in [5, 5.41) is 16.0. The van der Waals surface area contributed by atoms with E-state index in [-0.39, 0.29) is 11.5 Å². The number of rotatable bonds is 5. The monoisotopic (exact) mass is 430 g/mol. The van der Waals surface area contributed by atoms with Crippen molar-refractivity contribution in [2.75, 3.05) is 0 Å². The molecule has 0 fully saturated rings. The zero-order valence-corrected chi connectivity index (χ0v) is 17.5. The number of carbonyl (C=O) groups is 1. The SMILES string of the molecule is CC1=C(C(=O)c2ccc(Cl)cc2)C(c2ccccc2)C([N+](=O)[O-])=C(c2ccccc2)N1. The summed E-state index contributed by atoms with van der Waals surface area (Å²) in [6.45, 7) is 1.78. The predicted molar refractivity (Wildman–Crippen MR) is 121 cm³/mol. The molecule has 4 rings (SSSR count). The Kier molecular flexibility index (Phi) is 5.69. The number of allylic oxidation sites excluding steroid dienone is 2. The Labute approximate surface area is 184 Å². The standard InChI is InChI=1S/C25H19ClN2O3/c1-16-21(25(29)19-12-14-20(26)15-13-19)22(17-8-4-2-5-9-17)24(28(30)31)23(27-16)18-10-6-3-7-11-18/h2-15,22,27H,1H3. The molecule has 154 valence electrons. The maximum absolute atomic E-state index is 13.5. The molecule has 1 aliphatic rings. The Bertz CT molecular complexity index is 1200. The van der Waals surface area contributed by atoms with Crippen LogP contribution >= 0.6 is 11.6 Å². The van der Waals surface area contributed by atoms with Crippen molar-refractivity contribution in [3.05, 3.63) is 134 Å². The third kappa shape index (κ3) is 4.00. The summed E-state index contributed by atoms with van der Waals surface area (Å²) in [7, 11) is 0. The first-order chi connectivity index (χ1) is 15.0. The van der Waals surface area contributed by atoms with E-state index in [2.05, 4.69) is 5.32 Å². The molecule has 5 nitrogen and oxygen atoms in total. The van der Waals surface area contributed by atoms with Crippen molar-refractivity contribution in [2.24, 2.45) is 0 Å². The zero-order chi connectivity index (χ0) is 22.0. The van der Waals surface area contributed by atoms with Gasteiger partial charge in [-0.2, -0.15) is 0 Å². The number of nitro groups is 1. The summed E-state index contributed by atoms with van der Waals surface area (Å²) in [6, 6.07) is 24.8. The van der Waals surface area contributed by atoms with Crippen LogP contribution in [0.5, 0.6) is 0 Å². The molecule has 0 aromatic heterocycles. The highest BCUT2D eigenvalue weighted by Gasteiger charge is 2.41. The summed E-state index contributed by atoms with van der Waals surface area (Å²) in [4.78, 5) is 25.5. The van der Waals surface area contributed by atoms with E-state index >= 15 is 0 Å². The van der Waals surface area contributed by atoms with Gasteiger partial charge in [-0.05, 0) is 36.8 Å². The van der Waals surface area contributed by atoms with Gasteiger partial charge in [0.2, 0.25) is 0 Å². The summed E-state index contributed by atoms with van der Waals surface area (Å²) in [6.07, 6.45) is 0. The first-order valence-electron chi connectivity index (χ1n) is 9.74. The van der Waals surface area contributed by atoms with E-state index in [4.69, 9.17) is 11.6 Å². The highest BCUT2D eigenvalue weighted by molar-refractivity contribution is 6.30. The third-order valence-electron chi connectivity index (χ3n) is 5.28. The van der Waals surface area contributed by atoms with Gasteiger partial charge in [-0.25, -0.2) is 0 Å². The van der Waals surface area contributed by atoms with E-state index in [1.807, 2.05) is 60.7 Å². The van der Waals surface area contributed by atoms with Gasteiger partial charge < -0.3 is 5.32 Å². The number of nitrogens with one attached hydrogen (secondary N) is 1. The second-order valence-corrected chi connectivity index (χ2v) is 7.66. The van der Waals surface area contributed by atoms with Crippen LogP contribution in [-0.2, 0) is 0 Å². The first kappa shape index (κ1) is 20.6.